The number of thiophene rings is 1. The van der Waals surface area contributed by atoms with Crippen molar-refractivity contribution in [1.29, 1.82) is 0 Å². The molecule has 0 aliphatic carbocycles. The second-order valence-electron chi connectivity index (χ2n) is 10.0. The van der Waals surface area contributed by atoms with Crippen molar-refractivity contribution in [3.05, 3.63) is 38.6 Å². The van der Waals surface area contributed by atoms with Gasteiger partial charge in [-0.15, -0.1) is 11.3 Å². The molecular weight excluding hydrogens is 542 g/mol. The summed E-state index contributed by atoms with van der Waals surface area (Å²) < 4.78 is 7.19. The predicted molar refractivity (Wildman–Crippen MR) is 144 cm³/mol. The van der Waals surface area contributed by atoms with Gasteiger partial charge in [-0.05, 0) is 72.4 Å². The minimum atomic E-state index is 0.0136. The average Bonchev–Trinajstić information content (AvgIpc) is 3.55. The number of ether oxygens (including phenoxy) is 1. The lowest BCUT2D eigenvalue weighted by Crippen LogP contribution is -2.47. The van der Waals surface area contributed by atoms with Crippen LogP contribution < -0.4 is 10.5 Å². The fraction of sp³-hybridized carbons (Fsp3) is 0.577. The van der Waals surface area contributed by atoms with Crippen LogP contribution in [0.15, 0.2) is 28.2 Å². The number of likely N-dealkylation sites (tertiary alicyclic amines) is 3. The first kappa shape index (κ1) is 25.5. The van der Waals surface area contributed by atoms with Crippen LogP contribution in [0.2, 0.25) is 0 Å². The maximum absolute atomic E-state index is 13.2. The van der Waals surface area contributed by atoms with Gasteiger partial charge in [0, 0.05) is 63.1 Å². The zero-order valence-corrected chi connectivity index (χ0v) is 22.9. The van der Waals surface area contributed by atoms with Crippen molar-refractivity contribution in [2.24, 2.45) is 5.92 Å². The van der Waals surface area contributed by atoms with Crippen molar-refractivity contribution in [2.75, 3.05) is 45.0 Å². The number of nitrogens with zero attached hydrogens (tertiary/aromatic N) is 4. The van der Waals surface area contributed by atoms with Crippen molar-refractivity contribution in [2.45, 2.75) is 51.2 Å². The van der Waals surface area contributed by atoms with E-state index in [0.717, 1.165) is 81.3 Å². The van der Waals surface area contributed by atoms with E-state index in [-0.39, 0.29) is 23.8 Å². The van der Waals surface area contributed by atoms with Crippen LogP contribution in [0.3, 0.4) is 0 Å². The Morgan fingerprint density at radius 3 is 2.47 bits per heavy atom. The molecule has 3 aliphatic heterocycles. The van der Waals surface area contributed by atoms with E-state index in [0.29, 0.717) is 29.5 Å². The summed E-state index contributed by atoms with van der Waals surface area (Å²) in [7, 11) is 0. The van der Waals surface area contributed by atoms with Gasteiger partial charge < -0.3 is 20.3 Å². The number of pyridine rings is 1. The van der Waals surface area contributed by atoms with Gasteiger partial charge >= 0.3 is 0 Å². The standard InChI is InChI=1S/C26H34BrN5O3S/c27-21-17-36-24(26(34)31-9-1-2-10-31)23(21)35-20-6-13-32(14-7-20)25(33)19-4-11-30(12-5-19)16-18-3-8-29-22(28)15-18/h3,8,15,17,19-20H,1-2,4-7,9-14,16H2,(H2,28,29). The molecule has 10 heteroatoms. The number of nitrogen functional groups attached to an aromatic ring is 1. The first-order chi connectivity index (χ1) is 17.5. The maximum Gasteiger partial charge on any atom is 0.267 e. The number of anilines is 1. The number of carbonyl (C=O) groups is 2. The first-order valence-electron chi connectivity index (χ1n) is 12.9. The smallest absolute Gasteiger partial charge is 0.267 e. The average molecular weight is 577 g/mol. The molecule has 194 valence electrons. The van der Waals surface area contributed by atoms with E-state index in [4.69, 9.17) is 10.5 Å². The maximum atomic E-state index is 13.2. The molecule has 2 aromatic heterocycles. The van der Waals surface area contributed by atoms with Gasteiger partial charge in [-0.25, -0.2) is 4.98 Å². The Bertz CT molecular complexity index is 1070. The number of carbonyl (C=O) groups excluding carboxylic acids is 2. The summed E-state index contributed by atoms with van der Waals surface area (Å²) in [6.45, 7) is 5.73. The molecule has 0 spiro atoms. The Morgan fingerprint density at radius 1 is 1.06 bits per heavy atom. The number of halogens is 1. The molecule has 0 unspecified atom stereocenters. The largest absolute Gasteiger partial charge is 0.487 e. The summed E-state index contributed by atoms with van der Waals surface area (Å²) in [6.07, 6.45) is 7.25. The third-order valence-corrected chi connectivity index (χ3v) is 9.36. The van der Waals surface area contributed by atoms with E-state index in [1.807, 2.05) is 27.3 Å². The minimum absolute atomic E-state index is 0.0136. The second kappa shape index (κ2) is 11.5. The molecule has 0 radical (unpaired) electrons. The highest BCUT2D eigenvalue weighted by Crippen LogP contribution is 2.38. The summed E-state index contributed by atoms with van der Waals surface area (Å²) in [4.78, 5) is 37.2. The van der Waals surface area contributed by atoms with E-state index in [1.54, 1.807) is 6.20 Å². The van der Waals surface area contributed by atoms with E-state index < -0.39 is 0 Å². The van der Waals surface area contributed by atoms with Crippen LogP contribution in [0.5, 0.6) is 5.75 Å². The SMILES string of the molecule is Nc1cc(CN2CCC(C(=O)N3CCC(Oc4c(Br)csc4C(=O)N4CCCC4)CC3)CC2)ccn1. The molecule has 36 heavy (non-hydrogen) atoms. The molecule has 3 saturated heterocycles. The van der Waals surface area contributed by atoms with Crippen LogP contribution in [-0.2, 0) is 11.3 Å². The number of amides is 2. The summed E-state index contributed by atoms with van der Waals surface area (Å²) in [5, 5.41) is 1.94. The van der Waals surface area contributed by atoms with Gasteiger partial charge in [0.15, 0.2) is 5.75 Å². The molecular formula is C26H34BrN5O3S. The fourth-order valence-electron chi connectivity index (χ4n) is 5.46. The molecule has 0 saturated carbocycles. The van der Waals surface area contributed by atoms with E-state index in [9.17, 15) is 9.59 Å². The molecule has 5 heterocycles. The Morgan fingerprint density at radius 2 is 1.78 bits per heavy atom. The van der Waals surface area contributed by atoms with Gasteiger partial charge in [-0.2, -0.15) is 0 Å². The third-order valence-electron chi connectivity index (χ3n) is 7.52. The van der Waals surface area contributed by atoms with Gasteiger partial charge in [0.05, 0.1) is 4.47 Å². The van der Waals surface area contributed by atoms with E-state index in [1.165, 1.54) is 11.3 Å². The van der Waals surface area contributed by atoms with Crippen LogP contribution in [-0.4, -0.2) is 76.9 Å². The van der Waals surface area contributed by atoms with Crippen molar-refractivity contribution < 1.29 is 14.3 Å². The van der Waals surface area contributed by atoms with Gasteiger partial charge in [-0.3, -0.25) is 14.5 Å². The molecule has 0 aromatic carbocycles. The topological polar surface area (TPSA) is 92.0 Å². The van der Waals surface area contributed by atoms with Crippen LogP contribution in [0.25, 0.3) is 0 Å². The van der Waals surface area contributed by atoms with Crippen molar-refractivity contribution in [3.8, 4) is 5.75 Å². The van der Waals surface area contributed by atoms with Crippen LogP contribution in [0, 0.1) is 5.92 Å². The normalized spacial score (nSPS) is 20.1. The summed E-state index contributed by atoms with van der Waals surface area (Å²) >= 11 is 5.02. The number of nitrogens with two attached hydrogens (primary N) is 1. The first-order valence-corrected chi connectivity index (χ1v) is 14.6. The zero-order valence-electron chi connectivity index (χ0n) is 20.5. The lowest BCUT2D eigenvalue weighted by molar-refractivity contribution is -0.139. The predicted octanol–water partition coefficient (Wildman–Crippen LogP) is 4.01. The van der Waals surface area contributed by atoms with Gasteiger partial charge in [0.25, 0.3) is 5.91 Å². The van der Waals surface area contributed by atoms with E-state index in [2.05, 4.69) is 25.8 Å². The van der Waals surface area contributed by atoms with Gasteiger partial charge in [0.1, 0.15) is 16.8 Å². The lowest BCUT2D eigenvalue weighted by Gasteiger charge is -2.37. The molecule has 0 bridgehead atoms. The summed E-state index contributed by atoms with van der Waals surface area (Å²) in [5.74, 6) is 1.67. The molecule has 0 atom stereocenters. The van der Waals surface area contributed by atoms with Crippen molar-refractivity contribution in [3.63, 3.8) is 0 Å². The summed E-state index contributed by atoms with van der Waals surface area (Å²) in [5.41, 5.74) is 6.97. The van der Waals surface area contributed by atoms with Crippen LogP contribution in [0.1, 0.15) is 53.8 Å². The van der Waals surface area contributed by atoms with Gasteiger partial charge in [0.2, 0.25) is 5.91 Å². The molecule has 8 nitrogen and oxygen atoms in total. The number of piperidine rings is 2. The fourth-order valence-corrected chi connectivity index (χ4v) is 6.98. The number of rotatable bonds is 6. The second-order valence-corrected chi connectivity index (χ2v) is 11.8. The van der Waals surface area contributed by atoms with Gasteiger partial charge in [-0.1, -0.05) is 0 Å². The number of hydrogen-bond donors (Lipinski definition) is 1. The number of aromatic nitrogens is 1. The van der Waals surface area contributed by atoms with Crippen molar-refractivity contribution >= 4 is 44.9 Å². The van der Waals surface area contributed by atoms with Crippen LogP contribution >= 0.6 is 27.3 Å². The Hall–Kier alpha value is -2.17. The molecule has 3 fully saturated rings. The number of hydrogen-bond acceptors (Lipinski definition) is 7. The highest BCUT2D eigenvalue weighted by molar-refractivity contribution is 9.10. The Balaban J connectivity index is 1.09. The molecule has 3 aliphatic rings. The zero-order chi connectivity index (χ0) is 25.1. The highest BCUT2D eigenvalue weighted by atomic mass is 79.9. The molecule has 2 aromatic rings. The lowest BCUT2D eigenvalue weighted by atomic mass is 9.94. The Kier molecular flexibility index (Phi) is 8.12. The van der Waals surface area contributed by atoms with E-state index >= 15 is 0 Å². The van der Waals surface area contributed by atoms with Crippen molar-refractivity contribution in [1.82, 2.24) is 19.7 Å². The molecule has 2 N–H and O–H groups in total. The third kappa shape index (κ3) is 5.86. The molecule has 2 amide bonds. The highest BCUT2D eigenvalue weighted by Gasteiger charge is 2.33. The minimum Gasteiger partial charge on any atom is -0.487 e. The van der Waals surface area contributed by atoms with Crippen LogP contribution in [0.4, 0.5) is 5.82 Å². The summed E-state index contributed by atoms with van der Waals surface area (Å²) in [6, 6.07) is 3.92. The monoisotopic (exact) mass is 575 g/mol. The Labute approximate surface area is 224 Å². The quantitative estimate of drug-likeness (QED) is 0.559. The molecule has 5 rings (SSSR count).